The van der Waals surface area contributed by atoms with Gasteiger partial charge in [-0.05, 0) is 40.8 Å². The minimum absolute atomic E-state index is 0.261. The number of nitrogens with zero attached hydrogens (tertiary/aromatic N) is 3. The molecule has 0 spiro atoms. The van der Waals surface area contributed by atoms with Crippen LogP contribution in [0.15, 0.2) is 76.9 Å². The Kier molecular flexibility index (Phi) is 5.58. The molecular weight excluding hydrogens is 434 g/mol. The van der Waals surface area contributed by atoms with E-state index < -0.39 is 0 Å². The van der Waals surface area contributed by atoms with Gasteiger partial charge >= 0.3 is 0 Å². The quantitative estimate of drug-likeness (QED) is 0.375. The lowest BCUT2D eigenvalue weighted by molar-refractivity contribution is 0.102. The standard InChI is InChI=1S/C25H21N5O2S/c1-2-6-19-14-23(31)28-25(26-19)30-22(15-20(29-30)21-9-5-12-33-21)27-24(32)18-11-10-16-7-3-4-8-17(16)13-18/h3-5,7-15H,2,6H2,1H3,(H,27,32)(H,26,28,31). The van der Waals surface area contributed by atoms with Gasteiger partial charge in [0.25, 0.3) is 11.5 Å². The summed E-state index contributed by atoms with van der Waals surface area (Å²) < 4.78 is 1.48. The smallest absolute Gasteiger partial charge is 0.256 e. The first-order valence-electron chi connectivity index (χ1n) is 10.7. The summed E-state index contributed by atoms with van der Waals surface area (Å²) in [6.07, 6.45) is 1.54. The van der Waals surface area contributed by atoms with E-state index in [-0.39, 0.29) is 17.4 Å². The highest BCUT2D eigenvalue weighted by Gasteiger charge is 2.17. The molecular formula is C25H21N5O2S. The Labute approximate surface area is 193 Å². The first-order valence-corrected chi connectivity index (χ1v) is 11.5. The number of carbonyl (C=O) groups is 1. The predicted octanol–water partition coefficient (Wildman–Crippen LogP) is 5.04. The van der Waals surface area contributed by atoms with E-state index in [1.54, 1.807) is 23.5 Å². The Morgan fingerprint density at radius 1 is 1.06 bits per heavy atom. The lowest BCUT2D eigenvalue weighted by Crippen LogP contribution is -2.19. The molecule has 3 heterocycles. The maximum Gasteiger partial charge on any atom is 0.256 e. The van der Waals surface area contributed by atoms with E-state index in [9.17, 15) is 9.59 Å². The second kappa shape index (κ2) is 8.84. The van der Waals surface area contributed by atoms with Crippen LogP contribution in [0.2, 0.25) is 0 Å². The summed E-state index contributed by atoms with van der Waals surface area (Å²) in [5.74, 6) is 0.419. The second-order valence-electron chi connectivity index (χ2n) is 7.63. The fourth-order valence-corrected chi connectivity index (χ4v) is 4.36. The fourth-order valence-electron chi connectivity index (χ4n) is 3.67. The lowest BCUT2D eigenvalue weighted by atomic mass is 10.1. The maximum atomic E-state index is 13.1. The van der Waals surface area contributed by atoms with Crippen LogP contribution in [0.1, 0.15) is 29.4 Å². The number of aromatic amines is 1. The summed E-state index contributed by atoms with van der Waals surface area (Å²) in [6.45, 7) is 2.03. The van der Waals surface area contributed by atoms with Crippen LogP contribution in [0.5, 0.6) is 0 Å². The van der Waals surface area contributed by atoms with E-state index in [2.05, 4.69) is 20.4 Å². The molecule has 0 aliphatic carbocycles. The number of hydrogen-bond acceptors (Lipinski definition) is 5. The van der Waals surface area contributed by atoms with Gasteiger partial charge in [-0.1, -0.05) is 49.7 Å². The molecule has 0 saturated heterocycles. The Balaban J connectivity index is 1.56. The summed E-state index contributed by atoms with van der Waals surface area (Å²) in [5, 5.41) is 11.6. The number of aromatic nitrogens is 4. The van der Waals surface area contributed by atoms with Crippen molar-refractivity contribution in [1.82, 2.24) is 19.7 Å². The van der Waals surface area contributed by atoms with Crippen LogP contribution in [0, 0.1) is 0 Å². The number of carbonyl (C=O) groups excluding carboxylic acids is 1. The van der Waals surface area contributed by atoms with Crippen LogP contribution in [0.25, 0.3) is 27.3 Å². The molecule has 0 atom stereocenters. The molecule has 0 aliphatic heterocycles. The topological polar surface area (TPSA) is 92.7 Å². The number of amides is 1. The number of H-pyrrole nitrogens is 1. The molecule has 0 saturated carbocycles. The molecule has 5 aromatic rings. The maximum absolute atomic E-state index is 13.1. The van der Waals surface area contributed by atoms with E-state index >= 15 is 0 Å². The first-order chi connectivity index (χ1) is 16.1. The minimum atomic E-state index is -0.272. The van der Waals surface area contributed by atoms with Crippen molar-refractivity contribution in [2.45, 2.75) is 19.8 Å². The summed E-state index contributed by atoms with van der Waals surface area (Å²) in [4.78, 5) is 33.6. The molecule has 0 unspecified atom stereocenters. The van der Waals surface area contributed by atoms with Crippen molar-refractivity contribution in [2.75, 3.05) is 5.32 Å². The minimum Gasteiger partial charge on any atom is -0.306 e. The predicted molar refractivity (Wildman–Crippen MR) is 131 cm³/mol. The number of anilines is 1. The van der Waals surface area contributed by atoms with Crippen molar-refractivity contribution in [3.05, 3.63) is 93.7 Å². The largest absolute Gasteiger partial charge is 0.306 e. The molecule has 0 aliphatic rings. The third-order valence-electron chi connectivity index (χ3n) is 5.23. The molecule has 3 aromatic heterocycles. The van der Waals surface area contributed by atoms with Gasteiger partial charge in [0.1, 0.15) is 11.5 Å². The van der Waals surface area contributed by atoms with Gasteiger partial charge in [0.2, 0.25) is 5.95 Å². The number of rotatable bonds is 6. The third-order valence-corrected chi connectivity index (χ3v) is 6.12. The molecule has 0 bridgehead atoms. The van der Waals surface area contributed by atoms with Crippen LogP contribution in [-0.2, 0) is 6.42 Å². The highest BCUT2D eigenvalue weighted by atomic mass is 32.1. The molecule has 0 radical (unpaired) electrons. The SMILES string of the molecule is CCCc1cc(=O)[nH]c(-n2nc(-c3cccs3)cc2NC(=O)c2ccc3ccccc3c2)n1. The number of hydrogen-bond donors (Lipinski definition) is 2. The van der Waals surface area contributed by atoms with Crippen LogP contribution in [0.3, 0.4) is 0 Å². The first kappa shape index (κ1) is 20.8. The van der Waals surface area contributed by atoms with Crippen molar-refractivity contribution < 1.29 is 4.79 Å². The molecule has 0 fully saturated rings. The number of thiophene rings is 1. The molecule has 33 heavy (non-hydrogen) atoms. The number of nitrogens with one attached hydrogen (secondary N) is 2. The molecule has 8 heteroatoms. The van der Waals surface area contributed by atoms with Gasteiger partial charge in [0.15, 0.2) is 0 Å². The van der Waals surface area contributed by atoms with Gasteiger partial charge < -0.3 is 5.32 Å². The number of aryl methyl sites for hydroxylation is 1. The van der Waals surface area contributed by atoms with Crippen molar-refractivity contribution in [3.63, 3.8) is 0 Å². The molecule has 7 nitrogen and oxygen atoms in total. The van der Waals surface area contributed by atoms with Crippen molar-refractivity contribution in [2.24, 2.45) is 0 Å². The van der Waals surface area contributed by atoms with Crippen molar-refractivity contribution in [1.29, 1.82) is 0 Å². The Bertz CT molecular complexity index is 1500. The zero-order chi connectivity index (χ0) is 22.8. The lowest BCUT2D eigenvalue weighted by Gasteiger charge is -2.09. The molecule has 2 aromatic carbocycles. The van der Waals surface area contributed by atoms with Crippen molar-refractivity contribution >= 4 is 33.8 Å². The highest BCUT2D eigenvalue weighted by molar-refractivity contribution is 7.13. The van der Waals surface area contributed by atoms with Gasteiger partial charge in [0, 0.05) is 23.4 Å². The van der Waals surface area contributed by atoms with Crippen LogP contribution in [0.4, 0.5) is 5.82 Å². The van der Waals surface area contributed by atoms with Crippen molar-refractivity contribution in [3.8, 4) is 16.5 Å². The molecule has 2 N–H and O–H groups in total. The normalized spacial score (nSPS) is 11.1. The van der Waals surface area contributed by atoms with Gasteiger partial charge in [-0.3, -0.25) is 14.6 Å². The average molecular weight is 456 g/mol. The number of fused-ring (bicyclic) bond motifs is 1. The highest BCUT2D eigenvalue weighted by Crippen LogP contribution is 2.28. The van der Waals surface area contributed by atoms with Gasteiger partial charge in [-0.2, -0.15) is 9.78 Å². The van der Waals surface area contributed by atoms with Crippen LogP contribution < -0.4 is 10.9 Å². The van der Waals surface area contributed by atoms with Gasteiger partial charge in [0.05, 0.1) is 4.88 Å². The zero-order valence-electron chi connectivity index (χ0n) is 17.9. The average Bonchev–Trinajstić information content (AvgIpc) is 3.49. The van der Waals surface area contributed by atoms with E-state index in [1.807, 2.05) is 60.8 Å². The summed E-state index contributed by atoms with van der Waals surface area (Å²) in [6, 6.07) is 20.6. The summed E-state index contributed by atoms with van der Waals surface area (Å²) in [7, 11) is 0. The summed E-state index contributed by atoms with van der Waals surface area (Å²) in [5.41, 5.74) is 1.63. The fraction of sp³-hybridized carbons (Fsp3) is 0.120. The second-order valence-corrected chi connectivity index (χ2v) is 8.58. The van der Waals surface area contributed by atoms with Gasteiger partial charge in [-0.15, -0.1) is 11.3 Å². The Morgan fingerprint density at radius 2 is 1.91 bits per heavy atom. The molecule has 1 amide bonds. The van der Waals surface area contributed by atoms with Crippen LogP contribution >= 0.6 is 11.3 Å². The molecule has 5 rings (SSSR count). The zero-order valence-corrected chi connectivity index (χ0v) is 18.7. The van der Waals surface area contributed by atoms with E-state index in [0.29, 0.717) is 29.2 Å². The Hall–Kier alpha value is -4.04. The summed E-state index contributed by atoms with van der Waals surface area (Å²) >= 11 is 1.54. The molecule has 164 valence electrons. The third kappa shape index (κ3) is 4.33. The Morgan fingerprint density at radius 3 is 2.70 bits per heavy atom. The van der Waals surface area contributed by atoms with Gasteiger partial charge in [-0.25, -0.2) is 4.98 Å². The van der Waals surface area contributed by atoms with E-state index in [1.165, 1.54) is 10.7 Å². The van der Waals surface area contributed by atoms with E-state index in [0.717, 1.165) is 22.1 Å². The van der Waals surface area contributed by atoms with E-state index in [4.69, 9.17) is 0 Å². The van der Waals surface area contributed by atoms with Crippen LogP contribution in [-0.4, -0.2) is 25.7 Å². The number of benzene rings is 2. The monoisotopic (exact) mass is 455 g/mol.